The van der Waals surface area contributed by atoms with Crippen molar-refractivity contribution < 1.29 is 4.79 Å². The Morgan fingerprint density at radius 3 is 2.91 bits per heavy atom. The van der Waals surface area contributed by atoms with Crippen molar-refractivity contribution in [2.24, 2.45) is 13.0 Å². The lowest BCUT2D eigenvalue weighted by Crippen LogP contribution is -2.39. The fourth-order valence-corrected chi connectivity index (χ4v) is 3.55. The van der Waals surface area contributed by atoms with Gasteiger partial charge in [0.2, 0.25) is 5.91 Å². The molecule has 1 aromatic carbocycles. The monoisotopic (exact) mass is 318 g/mol. The molecular weight excluding hydrogens is 300 g/mol. The quantitative estimate of drug-likeness (QED) is 0.839. The fourth-order valence-electron chi connectivity index (χ4n) is 2.48. The van der Waals surface area contributed by atoms with Crippen LogP contribution in [0.5, 0.6) is 0 Å². The van der Waals surface area contributed by atoms with Crippen LogP contribution in [0.2, 0.25) is 0 Å². The number of para-hydroxylation sites is 1. The van der Waals surface area contributed by atoms with Crippen LogP contribution in [0.3, 0.4) is 0 Å². The maximum atomic E-state index is 12.7. The summed E-state index contributed by atoms with van der Waals surface area (Å²) in [6.45, 7) is 2.75. The number of hydrogen-bond acceptors (Lipinski definition) is 4. The predicted octanol–water partition coefficient (Wildman–Crippen LogP) is 1.36. The molecule has 7 heteroatoms. The number of hydrogen-bond donors (Lipinski definition) is 0. The van der Waals surface area contributed by atoms with E-state index < -0.39 is 0 Å². The first-order valence-corrected chi connectivity index (χ1v) is 8.15. The lowest BCUT2D eigenvalue weighted by Gasteiger charge is -2.24. The third-order valence-electron chi connectivity index (χ3n) is 3.65. The molecule has 0 radical (unpaired) electrons. The summed E-state index contributed by atoms with van der Waals surface area (Å²) in [5.74, 6) is 1.26. The van der Waals surface area contributed by atoms with E-state index in [-0.39, 0.29) is 18.1 Å². The molecule has 0 bridgehead atoms. The highest BCUT2D eigenvalue weighted by atomic mass is 32.2. The van der Waals surface area contributed by atoms with Crippen molar-refractivity contribution in [2.75, 3.05) is 17.2 Å². The van der Waals surface area contributed by atoms with Crippen molar-refractivity contribution in [1.29, 1.82) is 0 Å². The maximum Gasteiger partial charge on any atom is 0.345 e. The predicted molar refractivity (Wildman–Crippen MR) is 86.2 cm³/mol. The number of amides is 1. The second-order valence-electron chi connectivity index (χ2n) is 5.57. The first-order valence-electron chi connectivity index (χ1n) is 7.17. The number of carbonyl (C=O) groups is 1. The van der Waals surface area contributed by atoms with Crippen LogP contribution in [-0.4, -0.2) is 32.6 Å². The van der Waals surface area contributed by atoms with Gasteiger partial charge in [0, 0.05) is 24.2 Å². The molecule has 0 N–H and O–H groups in total. The fraction of sp³-hybridized carbons (Fsp3) is 0.400. The minimum atomic E-state index is -0.279. The third kappa shape index (κ3) is 2.81. The maximum absolute atomic E-state index is 12.7. The Kier molecular flexibility index (Phi) is 4.06. The Bertz CT molecular complexity index is 752. The second kappa shape index (κ2) is 6.00. The molecule has 2 aromatic rings. The van der Waals surface area contributed by atoms with Gasteiger partial charge in [0.05, 0.1) is 5.69 Å². The number of thioether (sulfide) groups is 1. The minimum Gasteiger partial charge on any atom is -0.309 e. The number of nitrogens with zero attached hydrogens (tertiary/aromatic N) is 4. The summed E-state index contributed by atoms with van der Waals surface area (Å²) in [6.07, 6.45) is 1.42. The highest BCUT2D eigenvalue weighted by molar-refractivity contribution is 7.99. The molecule has 1 amide bonds. The molecule has 3 rings (SSSR count). The van der Waals surface area contributed by atoms with Crippen LogP contribution in [0.15, 0.2) is 40.3 Å². The molecule has 22 heavy (non-hydrogen) atoms. The summed E-state index contributed by atoms with van der Waals surface area (Å²) in [4.78, 5) is 27.4. The van der Waals surface area contributed by atoms with E-state index in [1.54, 1.807) is 23.7 Å². The molecule has 0 aliphatic carbocycles. The van der Waals surface area contributed by atoms with Crippen LogP contribution in [0, 0.1) is 5.92 Å². The average molecular weight is 318 g/mol. The van der Waals surface area contributed by atoms with Crippen molar-refractivity contribution >= 4 is 23.4 Å². The van der Waals surface area contributed by atoms with E-state index in [0.29, 0.717) is 12.5 Å². The van der Waals surface area contributed by atoms with E-state index >= 15 is 0 Å². The van der Waals surface area contributed by atoms with Gasteiger partial charge in [-0.2, -0.15) is 5.10 Å². The van der Waals surface area contributed by atoms with E-state index in [4.69, 9.17) is 0 Å². The van der Waals surface area contributed by atoms with Gasteiger partial charge in [0.1, 0.15) is 12.9 Å². The van der Waals surface area contributed by atoms with Crippen LogP contribution < -0.4 is 10.6 Å². The molecule has 116 valence electrons. The molecule has 1 aliphatic rings. The van der Waals surface area contributed by atoms with E-state index in [1.807, 2.05) is 24.3 Å². The van der Waals surface area contributed by atoms with Crippen molar-refractivity contribution in [3.8, 4) is 0 Å². The molecular formula is C15H18N4O2S. The van der Waals surface area contributed by atoms with Crippen LogP contribution >= 0.6 is 11.8 Å². The van der Waals surface area contributed by atoms with E-state index in [1.165, 1.54) is 15.6 Å². The Hall–Kier alpha value is -2.02. The van der Waals surface area contributed by atoms with Gasteiger partial charge in [-0.25, -0.2) is 9.48 Å². The molecule has 0 saturated heterocycles. The summed E-state index contributed by atoms with van der Waals surface area (Å²) in [5.41, 5.74) is 0.643. The number of anilines is 1. The van der Waals surface area contributed by atoms with Gasteiger partial charge in [-0.3, -0.25) is 9.36 Å². The molecule has 0 unspecified atom stereocenters. The van der Waals surface area contributed by atoms with E-state index in [2.05, 4.69) is 12.0 Å². The second-order valence-corrected chi connectivity index (χ2v) is 6.63. The zero-order valence-electron chi connectivity index (χ0n) is 12.6. The van der Waals surface area contributed by atoms with Crippen molar-refractivity contribution in [3.63, 3.8) is 0 Å². The highest BCUT2D eigenvalue weighted by Gasteiger charge is 2.25. The van der Waals surface area contributed by atoms with Crippen molar-refractivity contribution in [3.05, 3.63) is 41.1 Å². The molecule has 0 fully saturated rings. The first kappa shape index (κ1) is 14.9. The van der Waals surface area contributed by atoms with Gasteiger partial charge in [0.25, 0.3) is 0 Å². The zero-order valence-corrected chi connectivity index (χ0v) is 13.4. The summed E-state index contributed by atoms with van der Waals surface area (Å²) in [7, 11) is 1.62. The van der Waals surface area contributed by atoms with Crippen molar-refractivity contribution in [2.45, 2.75) is 18.4 Å². The SMILES string of the molecule is C[C@@H]1CSc2ccccc2N(C(=O)Cn2ncn(C)c2=O)C1. The Morgan fingerprint density at radius 2 is 2.18 bits per heavy atom. The van der Waals surface area contributed by atoms with Gasteiger partial charge in [-0.05, 0) is 18.1 Å². The number of fused-ring (bicyclic) bond motifs is 1. The highest BCUT2D eigenvalue weighted by Crippen LogP contribution is 2.35. The van der Waals surface area contributed by atoms with Gasteiger partial charge in [-0.1, -0.05) is 19.1 Å². The molecule has 0 spiro atoms. The van der Waals surface area contributed by atoms with Crippen LogP contribution in [0.25, 0.3) is 0 Å². The smallest absolute Gasteiger partial charge is 0.309 e. The standard InChI is InChI=1S/C15H18N4O2S/c1-11-7-18(12-5-3-4-6-13(12)22-9-11)14(20)8-19-15(21)17(2)10-16-19/h3-6,10-11H,7-9H2,1-2H3/t11-/m0/s1. The lowest BCUT2D eigenvalue weighted by molar-refractivity contribution is -0.119. The first-order chi connectivity index (χ1) is 10.6. The molecule has 1 atom stereocenters. The van der Waals surface area contributed by atoms with Gasteiger partial charge in [0.15, 0.2) is 0 Å². The number of benzene rings is 1. The van der Waals surface area contributed by atoms with E-state index in [0.717, 1.165) is 16.3 Å². The van der Waals surface area contributed by atoms with Crippen LogP contribution in [0.4, 0.5) is 5.69 Å². The topological polar surface area (TPSA) is 60.1 Å². The summed E-state index contributed by atoms with van der Waals surface area (Å²) >= 11 is 1.77. The normalized spacial score (nSPS) is 17.9. The van der Waals surface area contributed by atoms with Gasteiger partial charge >= 0.3 is 5.69 Å². The molecule has 2 heterocycles. The van der Waals surface area contributed by atoms with Crippen LogP contribution in [0.1, 0.15) is 6.92 Å². The number of carbonyl (C=O) groups excluding carboxylic acids is 1. The van der Waals surface area contributed by atoms with Gasteiger partial charge in [-0.15, -0.1) is 11.8 Å². The van der Waals surface area contributed by atoms with Crippen LogP contribution in [-0.2, 0) is 18.4 Å². The molecule has 6 nitrogen and oxygen atoms in total. The largest absolute Gasteiger partial charge is 0.345 e. The zero-order chi connectivity index (χ0) is 15.7. The Morgan fingerprint density at radius 1 is 1.41 bits per heavy atom. The minimum absolute atomic E-state index is 0.0363. The molecule has 1 aromatic heterocycles. The number of aryl methyl sites for hydroxylation is 1. The summed E-state index contributed by atoms with van der Waals surface area (Å²) in [5, 5.41) is 3.96. The molecule has 0 saturated carbocycles. The summed E-state index contributed by atoms with van der Waals surface area (Å²) < 4.78 is 2.57. The van der Waals surface area contributed by atoms with E-state index in [9.17, 15) is 9.59 Å². The number of aromatic nitrogens is 3. The summed E-state index contributed by atoms with van der Waals surface area (Å²) in [6, 6.07) is 7.90. The Balaban J connectivity index is 1.90. The lowest BCUT2D eigenvalue weighted by atomic mass is 10.2. The average Bonchev–Trinajstić information content (AvgIpc) is 2.74. The number of rotatable bonds is 2. The Labute approximate surface area is 132 Å². The van der Waals surface area contributed by atoms with Gasteiger partial charge < -0.3 is 4.90 Å². The molecule has 1 aliphatic heterocycles. The van der Waals surface area contributed by atoms with Crippen molar-refractivity contribution in [1.82, 2.24) is 14.3 Å². The third-order valence-corrected chi connectivity index (χ3v) is 5.04.